The van der Waals surface area contributed by atoms with Gasteiger partial charge in [-0.25, -0.2) is 0 Å². The van der Waals surface area contributed by atoms with Crippen molar-refractivity contribution in [3.05, 3.63) is 0 Å². The molecule has 0 aromatic rings. The summed E-state index contributed by atoms with van der Waals surface area (Å²) in [6, 6.07) is 0. The molecule has 0 heterocycles. The molecule has 4 nitrogen and oxygen atoms in total. The van der Waals surface area contributed by atoms with Crippen LogP contribution < -0.4 is 10.6 Å². The molecule has 0 unspecified atom stereocenters. The third-order valence-electron chi connectivity index (χ3n) is 1.41. The van der Waals surface area contributed by atoms with Crippen molar-refractivity contribution in [1.29, 1.82) is 0 Å². The monoisotopic (exact) mass is 186 g/mol. The third kappa shape index (κ3) is 6.13. The maximum atomic E-state index is 11.0. The van der Waals surface area contributed by atoms with Crippen LogP contribution in [0.4, 0.5) is 0 Å². The number of carbonyl (C=O) groups excluding carboxylic acids is 2. The molecule has 0 rings (SSSR count). The molecule has 0 aliphatic carbocycles. The first-order valence-electron chi connectivity index (χ1n) is 4.64. The molecule has 0 radical (unpaired) electrons. The quantitative estimate of drug-likeness (QED) is 0.620. The molecule has 13 heavy (non-hydrogen) atoms. The number of hydrogen-bond donors (Lipinski definition) is 2. The van der Waals surface area contributed by atoms with E-state index < -0.39 is 11.8 Å². The van der Waals surface area contributed by atoms with Crippen molar-refractivity contribution in [3.8, 4) is 0 Å². The minimum atomic E-state index is -0.540. The van der Waals surface area contributed by atoms with Gasteiger partial charge in [-0.05, 0) is 12.3 Å². The highest BCUT2D eigenvalue weighted by molar-refractivity contribution is 6.35. The van der Waals surface area contributed by atoms with Crippen molar-refractivity contribution >= 4 is 11.8 Å². The number of rotatable bonds is 4. The van der Waals surface area contributed by atoms with Gasteiger partial charge in [0.15, 0.2) is 0 Å². The van der Waals surface area contributed by atoms with Crippen LogP contribution in [0, 0.1) is 5.92 Å². The zero-order valence-electron chi connectivity index (χ0n) is 8.52. The summed E-state index contributed by atoms with van der Waals surface area (Å²) in [4.78, 5) is 22.0. The summed E-state index contributed by atoms with van der Waals surface area (Å²) in [5, 5.41) is 5.04. The van der Waals surface area contributed by atoms with E-state index >= 15 is 0 Å². The fraction of sp³-hybridized carbons (Fsp3) is 0.778. The fourth-order valence-electron chi connectivity index (χ4n) is 0.696. The van der Waals surface area contributed by atoms with Gasteiger partial charge < -0.3 is 10.6 Å². The van der Waals surface area contributed by atoms with Crippen LogP contribution in [0.5, 0.6) is 0 Å². The molecule has 0 aliphatic heterocycles. The first kappa shape index (κ1) is 11.9. The Kier molecular flexibility index (Phi) is 5.93. The largest absolute Gasteiger partial charge is 0.348 e. The predicted molar refractivity (Wildman–Crippen MR) is 51.1 cm³/mol. The van der Waals surface area contributed by atoms with Crippen molar-refractivity contribution in [2.75, 3.05) is 13.1 Å². The number of carbonyl (C=O) groups is 2. The minimum Gasteiger partial charge on any atom is -0.348 e. The van der Waals surface area contributed by atoms with Crippen LogP contribution in [0.3, 0.4) is 0 Å². The Labute approximate surface area is 79.1 Å². The molecule has 0 saturated heterocycles. The van der Waals surface area contributed by atoms with Gasteiger partial charge in [0.2, 0.25) is 0 Å². The Morgan fingerprint density at radius 2 is 1.69 bits per heavy atom. The predicted octanol–water partition coefficient (Wildman–Crippen LogP) is 0.285. The summed E-state index contributed by atoms with van der Waals surface area (Å²) in [6.07, 6.45) is 0.837. The van der Waals surface area contributed by atoms with E-state index in [2.05, 4.69) is 10.6 Å². The van der Waals surface area contributed by atoms with Gasteiger partial charge in [0, 0.05) is 13.1 Å². The molecule has 76 valence electrons. The molecule has 0 aliphatic rings. The second-order valence-corrected chi connectivity index (χ2v) is 3.36. The van der Waals surface area contributed by atoms with E-state index in [0.717, 1.165) is 6.42 Å². The summed E-state index contributed by atoms with van der Waals surface area (Å²) in [6.45, 7) is 6.98. The molecule has 0 saturated carbocycles. The molecule has 4 heteroatoms. The van der Waals surface area contributed by atoms with Gasteiger partial charge in [-0.3, -0.25) is 9.59 Å². The molecule has 0 aromatic carbocycles. The van der Waals surface area contributed by atoms with E-state index in [9.17, 15) is 9.59 Å². The number of hydrogen-bond acceptors (Lipinski definition) is 2. The Morgan fingerprint density at radius 3 is 2.15 bits per heavy atom. The molecule has 0 bridgehead atoms. The topological polar surface area (TPSA) is 58.2 Å². The molecular formula is C9H18N2O2. The third-order valence-corrected chi connectivity index (χ3v) is 1.41. The van der Waals surface area contributed by atoms with Crippen LogP contribution in [-0.4, -0.2) is 24.9 Å². The Bertz CT molecular complexity index is 178. The van der Waals surface area contributed by atoms with Crippen LogP contribution >= 0.6 is 0 Å². The Morgan fingerprint density at radius 1 is 1.15 bits per heavy atom. The van der Waals surface area contributed by atoms with Crippen molar-refractivity contribution in [2.24, 2.45) is 5.92 Å². The van der Waals surface area contributed by atoms with Crippen LogP contribution in [-0.2, 0) is 9.59 Å². The van der Waals surface area contributed by atoms with Crippen LogP contribution in [0.2, 0.25) is 0 Å². The fourth-order valence-corrected chi connectivity index (χ4v) is 0.696. The summed E-state index contributed by atoms with van der Waals surface area (Å²) in [7, 11) is 0. The smallest absolute Gasteiger partial charge is 0.309 e. The average Bonchev–Trinajstić information content (AvgIpc) is 2.10. The van der Waals surface area contributed by atoms with Gasteiger partial charge in [-0.1, -0.05) is 20.8 Å². The maximum Gasteiger partial charge on any atom is 0.309 e. The summed E-state index contributed by atoms with van der Waals surface area (Å²) >= 11 is 0. The lowest BCUT2D eigenvalue weighted by Crippen LogP contribution is -2.41. The second kappa shape index (κ2) is 6.46. The molecule has 0 aromatic heterocycles. The Balaban J connectivity index is 3.64. The van der Waals surface area contributed by atoms with E-state index in [1.807, 2.05) is 20.8 Å². The lowest BCUT2D eigenvalue weighted by molar-refractivity contribution is -0.139. The highest BCUT2D eigenvalue weighted by atomic mass is 16.2. The van der Waals surface area contributed by atoms with E-state index in [1.54, 1.807) is 0 Å². The van der Waals surface area contributed by atoms with Crippen molar-refractivity contribution in [2.45, 2.75) is 27.2 Å². The zero-order chi connectivity index (χ0) is 10.3. The Hall–Kier alpha value is -1.06. The molecular weight excluding hydrogens is 168 g/mol. The molecule has 0 atom stereocenters. The number of nitrogens with one attached hydrogen (secondary N) is 2. The summed E-state index contributed by atoms with van der Waals surface area (Å²) in [5.74, 6) is -0.715. The first-order chi connectivity index (χ1) is 6.07. The second-order valence-electron chi connectivity index (χ2n) is 3.36. The molecule has 0 spiro atoms. The van der Waals surface area contributed by atoms with E-state index in [1.165, 1.54) is 0 Å². The minimum absolute atomic E-state index is 0.364. The van der Waals surface area contributed by atoms with E-state index in [0.29, 0.717) is 19.0 Å². The van der Waals surface area contributed by atoms with E-state index in [-0.39, 0.29) is 0 Å². The maximum absolute atomic E-state index is 11.0. The van der Waals surface area contributed by atoms with Crippen molar-refractivity contribution in [3.63, 3.8) is 0 Å². The molecule has 2 amide bonds. The highest BCUT2D eigenvalue weighted by Crippen LogP contribution is 1.86. The average molecular weight is 186 g/mol. The molecule has 0 fully saturated rings. The summed E-state index contributed by atoms with van der Waals surface area (Å²) in [5.41, 5.74) is 0. The van der Waals surface area contributed by atoms with E-state index in [4.69, 9.17) is 0 Å². The first-order valence-corrected chi connectivity index (χ1v) is 4.64. The van der Waals surface area contributed by atoms with Crippen LogP contribution in [0.1, 0.15) is 27.2 Å². The van der Waals surface area contributed by atoms with Crippen LogP contribution in [0.15, 0.2) is 0 Å². The van der Waals surface area contributed by atoms with Gasteiger partial charge in [-0.2, -0.15) is 0 Å². The van der Waals surface area contributed by atoms with Crippen LogP contribution in [0.25, 0.3) is 0 Å². The van der Waals surface area contributed by atoms with Gasteiger partial charge in [0.1, 0.15) is 0 Å². The standard InChI is InChI=1S/C9H18N2O2/c1-4-5-10-8(12)9(13)11-6-7(2)3/h7H,4-6H2,1-3H3,(H,10,12)(H,11,13). The normalized spacial score (nSPS) is 9.85. The highest BCUT2D eigenvalue weighted by Gasteiger charge is 2.11. The van der Waals surface area contributed by atoms with Gasteiger partial charge in [-0.15, -0.1) is 0 Å². The van der Waals surface area contributed by atoms with Gasteiger partial charge in [0.05, 0.1) is 0 Å². The molecule has 2 N–H and O–H groups in total. The zero-order valence-corrected chi connectivity index (χ0v) is 8.52. The van der Waals surface area contributed by atoms with Crippen molar-refractivity contribution in [1.82, 2.24) is 10.6 Å². The number of amides is 2. The van der Waals surface area contributed by atoms with Gasteiger partial charge >= 0.3 is 11.8 Å². The van der Waals surface area contributed by atoms with Gasteiger partial charge in [0.25, 0.3) is 0 Å². The van der Waals surface area contributed by atoms with Crippen molar-refractivity contribution < 1.29 is 9.59 Å². The SMILES string of the molecule is CCCNC(=O)C(=O)NCC(C)C. The summed E-state index contributed by atoms with van der Waals surface area (Å²) < 4.78 is 0. The lowest BCUT2D eigenvalue weighted by atomic mass is 10.2. The lowest BCUT2D eigenvalue weighted by Gasteiger charge is -2.07.